The van der Waals surface area contributed by atoms with Crippen LogP contribution in [0.25, 0.3) is 0 Å². The first-order valence-electron chi connectivity index (χ1n) is 6.58. The Hall–Kier alpha value is -2.00. The van der Waals surface area contributed by atoms with Crippen LogP contribution in [0.1, 0.15) is 29.3 Å². The average molecular weight is 329 g/mol. The molecule has 1 unspecified atom stereocenters. The lowest BCUT2D eigenvalue weighted by Crippen LogP contribution is -2.46. The SMILES string of the molecule is COCc1nc(C(=O)N(CCNC(C)=O)C(C)C(=O)O)cs1. The van der Waals surface area contributed by atoms with Crippen LogP contribution in [0.5, 0.6) is 0 Å². The number of carboxylic acids is 1. The van der Waals surface area contributed by atoms with E-state index in [1.807, 2.05) is 0 Å². The Kier molecular flexibility index (Phi) is 6.93. The van der Waals surface area contributed by atoms with Crippen LogP contribution < -0.4 is 5.32 Å². The highest BCUT2D eigenvalue weighted by Crippen LogP contribution is 2.14. The maximum atomic E-state index is 12.4. The standard InChI is InChI=1S/C13H19N3O5S/c1-8(13(19)20)16(5-4-14-9(2)17)12(18)10-7-22-11(15-10)6-21-3/h7-8H,4-6H2,1-3H3,(H,14,17)(H,19,20). The van der Waals surface area contributed by atoms with E-state index >= 15 is 0 Å². The number of rotatable bonds is 8. The van der Waals surface area contributed by atoms with E-state index in [2.05, 4.69) is 10.3 Å². The summed E-state index contributed by atoms with van der Waals surface area (Å²) >= 11 is 1.27. The largest absolute Gasteiger partial charge is 0.480 e. The maximum Gasteiger partial charge on any atom is 0.326 e. The van der Waals surface area contributed by atoms with Crippen molar-refractivity contribution in [2.45, 2.75) is 26.5 Å². The highest BCUT2D eigenvalue weighted by molar-refractivity contribution is 7.09. The molecule has 0 aliphatic rings. The Morgan fingerprint density at radius 2 is 2.18 bits per heavy atom. The van der Waals surface area contributed by atoms with Crippen LogP contribution in [0, 0.1) is 0 Å². The monoisotopic (exact) mass is 329 g/mol. The number of hydrogen-bond donors (Lipinski definition) is 2. The van der Waals surface area contributed by atoms with E-state index in [1.165, 1.54) is 37.2 Å². The lowest BCUT2D eigenvalue weighted by atomic mass is 10.2. The van der Waals surface area contributed by atoms with Gasteiger partial charge in [-0.05, 0) is 6.92 Å². The number of thiazole rings is 1. The van der Waals surface area contributed by atoms with E-state index in [0.29, 0.717) is 11.6 Å². The third-order valence-electron chi connectivity index (χ3n) is 2.85. The molecule has 9 heteroatoms. The molecular weight excluding hydrogens is 310 g/mol. The summed E-state index contributed by atoms with van der Waals surface area (Å²) in [4.78, 5) is 39.8. The van der Waals surface area contributed by atoms with E-state index < -0.39 is 17.9 Å². The van der Waals surface area contributed by atoms with E-state index in [0.717, 1.165) is 0 Å². The first-order valence-corrected chi connectivity index (χ1v) is 7.46. The molecule has 0 saturated carbocycles. The lowest BCUT2D eigenvalue weighted by molar-refractivity contribution is -0.141. The van der Waals surface area contributed by atoms with Crippen molar-refractivity contribution in [2.75, 3.05) is 20.2 Å². The van der Waals surface area contributed by atoms with Gasteiger partial charge < -0.3 is 20.1 Å². The molecule has 1 heterocycles. The van der Waals surface area contributed by atoms with Gasteiger partial charge in [0, 0.05) is 32.5 Å². The number of carboxylic acid groups (broad SMARTS) is 1. The van der Waals surface area contributed by atoms with Crippen molar-refractivity contribution in [1.29, 1.82) is 0 Å². The summed E-state index contributed by atoms with van der Waals surface area (Å²) < 4.78 is 4.94. The molecule has 1 rings (SSSR count). The predicted molar refractivity (Wildman–Crippen MR) is 79.6 cm³/mol. The van der Waals surface area contributed by atoms with Gasteiger partial charge in [0.05, 0.1) is 6.61 Å². The van der Waals surface area contributed by atoms with E-state index in [1.54, 1.807) is 5.38 Å². The second-order valence-corrected chi connectivity index (χ2v) is 5.50. The van der Waals surface area contributed by atoms with Crippen LogP contribution >= 0.6 is 11.3 Å². The second-order valence-electron chi connectivity index (χ2n) is 4.56. The summed E-state index contributed by atoms with van der Waals surface area (Å²) in [5.74, 6) is -1.85. The number of ether oxygens (including phenoxy) is 1. The van der Waals surface area contributed by atoms with E-state index in [-0.39, 0.29) is 24.7 Å². The minimum Gasteiger partial charge on any atom is -0.480 e. The molecule has 2 N–H and O–H groups in total. The molecule has 1 aromatic rings. The summed E-state index contributed by atoms with van der Waals surface area (Å²) in [6, 6.07) is -1.02. The molecule has 0 radical (unpaired) electrons. The summed E-state index contributed by atoms with van der Waals surface area (Å²) in [5, 5.41) is 13.9. The van der Waals surface area contributed by atoms with Crippen molar-refractivity contribution in [2.24, 2.45) is 0 Å². The van der Waals surface area contributed by atoms with Crippen LogP contribution in [-0.2, 0) is 20.9 Å². The zero-order valence-corrected chi connectivity index (χ0v) is 13.5. The number of carbonyl (C=O) groups excluding carboxylic acids is 2. The number of aliphatic carboxylic acids is 1. The van der Waals surface area contributed by atoms with Crippen LogP contribution in [0.2, 0.25) is 0 Å². The zero-order chi connectivity index (χ0) is 16.7. The van der Waals surface area contributed by atoms with E-state index in [4.69, 9.17) is 9.84 Å². The fraction of sp³-hybridized carbons (Fsp3) is 0.538. The smallest absolute Gasteiger partial charge is 0.326 e. The van der Waals surface area contributed by atoms with Gasteiger partial charge in [0.2, 0.25) is 5.91 Å². The molecule has 1 atom stereocenters. The Bertz CT molecular complexity index is 546. The molecule has 22 heavy (non-hydrogen) atoms. The molecule has 0 fully saturated rings. The van der Waals surface area contributed by atoms with Gasteiger partial charge in [-0.3, -0.25) is 9.59 Å². The van der Waals surface area contributed by atoms with Crippen molar-refractivity contribution in [3.05, 3.63) is 16.1 Å². The van der Waals surface area contributed by atoms with Gasteiger partial charge in [-0.25, -0.2) is 9.78 Å². The number of methoxy groups -OCH3 is 1. The van der Waals surface area contributed by atoms with Crippen LogP contribution in [0.15, 0.2) is 5.38 Å². The van der Waals surface area contributed by atoms with Gasteiger partial charge in [-0.1, -0.05) is 0 Å². The number of carbonyl (C=O) groups is 3. The van der Waals surface area contributed by atoms with Crippen molar-refractivity contribution < 1.29 is 24.2 Å². The van der Waals surface area contributed by atoms with Crippen molar-refractivity contribution in [1.82, 2.24) is 15.2 Å². The van der Waals surface area contributed by atoms with Crippen LogP contribution in [0.4, 0.5) is 0 Å². The van der Waals surface area contributed by atoms with Gasteiger partial charge in [0.1, 0.15) is 16.7 Å². The summed E-state index contributed by atoms with van der Waals surface area (Å²) in [6.45, 7) is 3.32. The first-order chi connectivity index (χ1) is 10.4. The normalized spacial score (nSPS) is 11.8. The zero-order valence-electron chi connectivity index (χ0n) is 12.7. The highest BCUT2D eigenvalue weighted by Gasteiger charge is 2.27. The summed E-state index contributed by atoms with van der Waals surface area (Å²) in [5.41, 5.74) is 0.174. The number of aromatic nitrogens is 1. The minimum atomic E-state index is -1.12. The molecular formula is C13H19N3O5S. The third-order valence-corrected chi connectivity index (χ3v) is 3.67. The molecule has 8 nitrogen and oxygen atoms in total. The van der Waals surface area contributed by atoms with Crippen LogP contribution in [-0.4, -0.2) is 59.0 Å². The van der Waals surface area contributed by atoms with Gasteiger partial charge in [-0.2, -0.15) is 0 Å². The lowest BCUT2D eigenvalue weighted by Gasteiger charge is -2.25. The molecule has 122 valence electrons. The average Bonchev–Trinajstić information content (AvgIpc) is 2.91. The molecule has 0 bridgehead atoms. The van der Waals surface area contributed by atoms with Crippen LogP contribution in [0.3, 0.4) is 0 Å². The molecule has 0 aromatic carbocycles. The number of nitrogens with zero attached hydrogens (tertiary/aromatic N) is 2. The molecule has 2 amide bonds. The Balaban J connectivity index is 2.85. The summed E-state index contributed by atoms with van der Waals surface area (Å²) in [7, 11) is 1.52. The molecule has 0 aliphatic carbocycles. The number of nitrogens with one attached hydrogen (secondary N) is 1. The fourth-order valence-corrected chi connectivity index (χ4v) is 2.44. The molecule has 0 aliphatic heterocycles. The van der Waals surface area contributed by atoms with Gasteiger partial charge in [0.25, 0.3) is 5.91 Å². The van der Waals surface area contributed by atoms with Gasteiger partial charge in [-0.15, -0.1) is 11.3 Å². The fourth-order valence-electron chi connectivity index (χ4n) is 1.70. The number of amides is 2. The molecule has 0 spiro atoms. The first kappa shape index (κ1) is 18.1. The minimum absolute atomic E-state index is 0.0863. The topological polar surface area (TPSA) is 109 Å². The Morgan fingerprint density at radius 3 is 2.73 bits per heavy atom. The summed E-state index contributed by atoms with van der Waals surface area (Å²) in [6.07, 6.45) is 0. The quantitative estimate of drug-likeness (QED) is 0.712. The molecule has 1 aromatic heterocycles. The second kappa shape index (κ2) is 8.44. The Morgan fingerprint density at radius 1 is 1.50 bits per heavy atom. The molecule has 0 saturated heterocycles. The van der Waals surface area contributed by atoms with Gasteiger partial charge in [0.15, 0.2) is 0 Å². The third kappa shape index (κ3) is 5.08. The van der Waals surface area contributed by atoms with Crippen molar-refractivity contribution in [3.63, 3.8) is 0 Å². The van der Waals surface area contributed by atoms with E-state index in [9.17, 15) is 14.4 Å². The van der Waals surface area contributed by atoms with Crippen molar-refractivity contribution in [3.8, 4) is 0 Å². The van der Waals surface area contributed by atoms with Crippen molar-refractivity contribution >= 4 is 29.1 Å². The Labute approximate surface area is 132 Å². The highest BCUT2D eigenvalue weighted by atomic mass is 32.1. The predicted octanol–water partition coefficient (Wildman–Crippen LogP) is 0.341. The maximum absolute atomic E-state index is 12.4. The number of hydrogen-bond acceptors (Lipinski definition) is 6. The van der Waals surface area contributed by atoms with Gasteiger partial charge >= 0.3 is 5.97 Å².